The Kier molecular flexibility index (Phi) is 7.24. The second-order valence-corrected chi connectivity index (χ2v) is 25.0. The van der Waals surface area contributed by atoms with E-state index in [0.717, 1.165) is 12.0 Å². The minimum absolute atomic E-state index is 0.000465. The van der Waals surface area contributed by atoms with Gasteiger partial charge in [0.2, 0.25) is 0 Å². The normalized spacial score (nSPS) is 42.8. The topological polar surface area (TPSA) is 89.9 Å². The number of carbonyl (C=O) groups excluding carboxylic acids is 3. The maximum absolute atomic E-state index is 13.5. The molecule has 8 atom stereocenters. The van der Waals surface area contributed by atoms with Gasteiger partial charge in [-0.2, -0.15) is 0 Å². The van der Waals surface area contributed by atoms with Crippen LogP contribution in [0.3, 0.4) is 0 Å². The van der Waals surface area contributed by atoms with E-state index in [0.29, 0.717) is 12.8 Å². The zero-order chi connectivity index (χ0) is 26.9. The number of hydrogen-bond donors (Lipinski definition) is 1. The van der Waals surface area contributed by atoms with Crippen LogP contribution in [0.25, 0.3) is 0 Å². The third-order valence-corrected chi connectivity index (χ3v) is 14.1. The molecule has 0 heterocycles. The molecule has 202 valence electrons. The van der Waals surface area contributed by atoms with Crippen LogP contribution in [0, 0.1) is 34.5 Å². The molecule has 0 aromatic carbocycles. The minimum atomic E-state index is -4.35. The van der Waals surface area contributed by atoms with Crippen LogP contribution in [0.1, 0.15) is 53.4 Å². The molecule has 4 aliphatic carbocycles. The van der Waals surface area contributed by atoms with Crippen molar-refractivity contribution in [2.45, 2.75) is 64.6 Å². The van der Waals surface area contributed by atoms with E-state index in [4.69, 9.17) is 54.4 Å². The summed E-state index contributed by atoms with van der Waals surface area (Å²) in [5.74, 6) is -1.30. The Morgan fingerprint density at radius 2 is 1.86 bits per heavy atom. The van der Waals surface area contributed by atoms with Crippen LogP contribution >= 0.6 is 49.0 Å². The molecule has 0 spiro atoms. The van der Waals surface area contributed by atoms with Gasteiger partial charge in [-0.25, -0.2) is 0 Å². The molecule has 4 aliphatic rings. The van der Waals surface area contributed by atoms with Gasteiger partial charge in [-0.3, -0.25) is 0 Å². The monoisotopic (exact) mass is 600 g/mol. The average Bonchev–Trinajstić information content (AvgIpc) is 2.98. The molecular formula is C25H33Cl4O6P. The van der Waals surface area contributed by atoms with Crippen LogP contribution in [-0.4, -0.2) is 47.3 Å². The number of Topliss-reactive ketones (excluding diaryl/α,β-unsaturated/α-hetero) is 1. The second kappa shape index (κ2) is 9.10. The first-order chi connectivity index (χ1) is 16.5. The van der Waals surface area contributed by atoms with E-state index in [-0.39, 0.29) is 36.6 Å². The van der Waals surface area contributed by atoms with E-state index >= 15 is 0 Å². The van der Waals surface area contributed by atoms with Gasteiger partial charge in [-0.1, -0.05) is 0 Å². The quantitative estimate of drug-likeness (QED) is 0.266. The molecule has 0 radical (unpaired) electrons. The van der Waals surface area contributed by atoms with Crippen molar-refractivity contribution in [3.05, 3.63) is 23.8 Å². The Morgan fingerprint density at radius 1 is 1.19 bits per heavy atom. The number of carbonyl (C=O) groups is 3. The molecule has 0 aromatic rings. The van der Waals surface area contributed by atoms with Gasteiger partial charge in [-0.15, -0.1) is 0 Å². The fourth-order valence-electron chi connectivity index (χ4n) is 8.03. The molecule has 11 heteroatoms. The van der Waals surface area contributed by atoms with Crippen LogP contribution in [0.2, 0.25) is 0 Å². The van der Waals surface area contributed by atoms with Crippen molar-refractivity contribution in [1.29, 1.82) is 0 Å². The van der Waals surface area contributed by atoms with Crippen LogP contribution in [0.4, 0.5) is 4.79 Å². The summed E-state index contributed by atoms with van der Waals surface area (Å²) in [5, 5.41) is 12.1. The van der Waals surface area contributed by atoms with E-state index in [1.54, 1.807) is 19.1 Å². The molecule has 0 bridgehead atoms. The molecule has 0 aliphatic heterocycles. The van der Waals surface area contributed by atoms with Crippen LogP contribution < -0.4 is 0 Å². The second-order valence-electron chi connectivity index (χ2n) is 11.3. The SMILES string of the molecule is CCOC(=O)OCC(=O)[C@@]1(O)[C@@H](C)C[C@H]2[C@@H]3CCC4=CC(=O)C=C[C@]4(C)[C@H]3[C@H](P(Cl)(Cl)(Cl)Cl)C[C@@]21C. The summed E-state index contributed by atoms with van der Waals surface area (Å²) < 4.78 is 5.41. The van der Waals surface area contributed by atoms with Gasteiger partial charge in [0, 0.05) is 0 Å². The fraction of sp³-hybridized carbons (Fsp3) is 0.720. The van der Waals surface area contributed by atoms with E-state index in [9.17, 15) is 19.5 Å². The van der Waals surface area contributed by atoms with Gasteiger partial charge in [0.25, 0.3) is 0 Å². The molecule has 6 nitrogen and oxygen atoms in total. The van der Waals surface area contributed by atoms with Crippen molar-refractivity contribution < 1.29 is 29.0 Å². The van der Waals surface area contributed by atoms with Gasteiger partial charge in [0.15, 0.2) is 0 Å². The van der Waals surface area contributed by atoms with Gasteiger partial charge >= 0.3 is 232 Å². The summed E-state index contributed by atoms with van der Waals surface area (Å²) in [6.45, 7) is 6.92. The van der Waals surface area contributed by atoms with Crippen molar-refractivity contribution in [2.75, 3.05) is 13.2 Å². The van der Waals surface area contributed by atoms with Crippen LogP contribution in [0.5, 0.6) is 0 Å². The summed E-state index contributed by atoms with van der Waals surface area (Å²) in [4.78, 5) is 37.4. The van der Waals surface area contributed by atoms with Gasteiger partial charge in [0.1, 0.15) is 0 Å². The summed E-state index contributed by atoms with van der Waals surface area (Å²) in [5.41, 5.74) is -2.92. The third-order valence-electron chi connectivity index (χ3n) is 9.59. The molecule has 0 saturated heterocycles. The summed E-state index contributed by atoms with van der Waals surface area (Å²) in [7, 11) is 0. The number of ketones is 2. The van der Waals surface area contributed by atoms with Crippen LogP contribution in [-0.2, 0) is 19.1 Å². The van der Waals surface area contributed by atoms with E-state index in [1.165, 1.54) is 0 Å². The Labute approximate surface area is 231 Å². The first kappa shape index (κ1) is 28.6. The zero-order valence-electron chi connectivity index (χ0n) is 20.8. The molecule has 0 amide bonds. The standard InChI is InChI=1S/C25H33Cl4O6P/c1-5-34-22(32)35-13-20(31)25(33)14(2)10-18-17-7-6-15-11-16(30)8-9-23(15,3)21(17)19(12-24(18,25)4)36(26,27,28)29/h8-9,11,14,17-19,21,33H,5-7,10,12-13H2,1-4H3/t14-,17-,18-,19+,21+,23-,24-,25-/m0/s1. The predicted octanol–water partition coefficient (Wildman–Crippen LogP) is 7.16. The van der Waals surface area contributed by atoms with Crippen molar-refractivity contribution >= 4 is 66.7 Å². The van der Waals surface area contributed by atoms with Gasteiger partial charge < -0.3 is 0 Å². The van der Waals surface area contributed by atoms with Crippen molar-refractivity contribution in [1.82, 2.24) is 0 Å². The van der Waals surface area contributed by atoms with E-state index < -0.39 is 50.6 Å². The Balaban J connectivity index is 1.78. The number of allylic oxidation sites excluding steroid dienone is 4. The molecule has 3 saturated carbocycles. The number of ether oxygens (including phenoxy) is 2. The van der Waals surface area contributed by atoms with Crippen molar-refractivity contribution in [3.8, 4) is 0 Å². The number of halogens is 4. The predicted molar refractivity (Wildman–Crippen MR) is 144 cm³/mol. The summed E-state index contributed by atoms with van der Waals surface area (Å²) in [6, 6.07) is 0. The molecule has 4 rings (SSSR count). The van der Waals surface area contributed by atoms with Gasteiger partial charge in [0.05, 0.1) is 0 Å². The number of rotatable bonds is 5. The number of fused-ring (bicyclic) bond motifs is 5. The number of aliphatic hydroxyl groups is 1. The molecule has 1 N–H and O–H groups in total. The first-order valence-corrected chi connectivity index (χ1v) is 18.3. The Hall–Kier alpha value is -0.360. The maximum atomic E-state index is 13.5. The summed E-state index contributed by atoms with van der Waals surface area (Å²) >= 11 is 27.1. The molecule has 36 heavy (non-hydrogen) atoms. The van der Waals surface area contributed by atoms with Crippen molar-refractivity contribution in [3.63, 3.8) is 0 Å². The summed E-state index contributed by atoms with van der Waals surface area (Å²) in [6.07, 6.45) is 6.45. The number of hydrogen-bond acceptors (Lipinski definition) is 6. The van der Waals surface area contributed by atoms with Gasteiger partial charge in [-0.05, 0) is 0 Å². The van der Waals surface area contributed by atoms with Crippen molar-refractivity contribution in [2.24, 2.45) is 34.5 Å². The fourth-order valence-corrected chi connectivity index (χ4v) is 12.0. The van der Waals surface area contributed by atoms with E-state index in [1.807, 2.05) is 19.9 Å². The Morgan fingerprint density at radius 3 is 2.47 bits per heavy atom. The Bertz CT molecular complexity index is 1040. The first-order valence-electron chi connectivity index (χ1n) is 12.3. The van der Waals surface area contributed by atoms with Crippen LogP contribution in [0.15, 0.2) is 23.8 Å². The average molecular weight is 602 g/mol. The zero-order valence-corrected chi connectivity index (χ0v) is 24.7. The molecular weight excluding hydrogens is 569 g/mol. The molecule has 3 fully saturated rings. The molecule has 0 unspecified atom stereocenters. The third kappa shape index (κ3) is 4.36. The molecule has 0 aromatic heterocycles. The van der Waals surface area contributed by atoms with E-state index in [2.05, 4.69) is 6.92 Å².